The molecule has 4 rings (SSSR count). The number of carbonyl (C=O) groups is 1. The molecular weight excluding hydrogens is 402 g/mol. The fraction of sp³-hybridized carbons (Fsp3) is 0.0385. The van der Waals surface area contributed by atoms with Crippen molar-refractivity contribution in [2.75, 3.05) is 10.6 Å². The second-order valence-corrected chi connectivity index (χ2v) is 7.23. The van der Waals surface area contributed by atoms with E-state index in [-0.39, 0.29) is 11.6 Å². The maximum Gasteiger partial charge on any atom is 0.292 e. The third-order valence-electron chi connectivity index (χ3n) is 5.01. The number of hydrogen-bond acceptors (Lipinski definition) is 4. The fourth-order valence-corrected chi connectivity index (χ4v) is 3.37. The Morgan fingerprint density at radius 1 is 0.781 bits per heavy atom. The van der Waals surface area contributed by atoms with Crippen LogP contribution in [0.1, 0.15) is 15.9 Å². The summed E-state index contributed by atoms with van der Waals surface area (Å²) in [5.41, 5.74) is 4.24. The van der Waals surface area contributed by atoms with Crippen LogP contribution in [0.2, 0.25) is 0 Å². The van der Waals surface area contributed by atoms with Crippen molar-refractivity contribution in [3.63, 3.8) is 0 Å². The Balaban J connectivity index is 1.59. The summed E-state index contributed by atoms with van der Waals surface area (Å²) in [4.78, 5) is 23.8. The van der Waals surface area contributed by atoms with Gasteiger partial charge < -0.3 is 10.6 Å². The zero-order chi connectivity index (χ0) is 22.3. The van der Waals surface area contributed by atoms with Gasteiger partial charge in [-0.25, -0.2) is 0 Å². The molecule has 0 unspecified atom stereocenters. The number of anilines is 2. The van der Waals surface area contributed by atoms with Crippen LogP contribution in [0.4, 0.5) is 17.1 Å². The average molecular weight is 423 g/mol. The van der Waals surface area contributed by atoms with E-state index in [0.717, 1.165) is 16.7 Å². The van der Waals surface area contributed by atoms with Crippen LogP contribution in [0.15, 0.2) is 103 Å². The minimum absolute atomic E-state index is 0.00246. The molecule has 158 valence electrons. The lowest BCUT2D eigenvalue weighted by Crippen LogP contribution is -2.11. The zero-order valence-corrected chi connectivity index (χ0v) is 17.2. The molecule has 2 N–H and O–H groups in total. The fourth-order valence-electron chi connectivity index (χ4n) is 3.37. The number of nitrogens with one attached hydrogen (secondary N) is 2. The first kappa shape index (κ1) is 20.8. The molecule has 6 heteroatoms. The molecule has 0 fully saturated rings. The standard InChI is InChI=1S/C26H21N3O3/c30-26(28-23-12-5-2-6-13-23)22-11-7-10-20(16-22)21-14-15-25(29(31)32)24(17-21)27-18-19-8-3-1-4-9-19/h1-17,27H,18H2,(H,28,30). The van der Waals surface area contributed by atoms with Crippen molar-refractivity contribution >= 4 is 23.0 Å². The second kappa shape index (κ2) is 9.57. The highest BCUT2D eigenvalue weighted by Crippen LogP contribution is 2.31. The van der Waals surface area contributed by atoms with Crippen molar-refractivity contribution in [3.05, 3.63) is 124 Å². The summed E-state index contributed by atoms with van der Waals surface area (Å²) >= 11 is 0. The van der Waals surface area contributed by atoms with Crippen LogP contribution in [0.5, 0.6) is 0 Å². The molecule has 0 radical (unpaired) electrons. The molecule has 1 amide bonds. The molecule has 32 heavy (non-hydrogen) atoms. The van der Waals surface area contributed by atoms with E-state index in [9.17, 15) is 14.9 Å². The lowest BCUT2D eigenvalue weighted by molar-refractivity contribution is -0.384. The number of carbonyl (C=O) groups excluding carboxylic acids is 1. The number of rotatable bonds is 7. The van der Waals surface area contributed by atoms with Gasteiger partial charge in [-0.2, -0.15) is 0 Å². The van der Waals surface area contributed by atoms with Crippen molar-refractivity contribution in [2.24, 2.45) is 0 Å². The summed E-state index contributed by atoms with van der Waals surface area (Å²) in [7, 11) is 0. The number of benzene rings is 4. The minimum Gasteiger partial charge on any atom is -0.375 e. The van der Waals surface area contributed by atoms with Gasteiger partial charge in [-0.1, -0.05) is 60.7 Å². The quantitative estimate of drug-likeness (QED) is 0.277. The van der Waals surface area contributed by atoms with Gasteiger partial charge in [-0.15, -0.1) is 0 Å². The maximum atomic E-state index is 12.7. The van der Waals surface area contributed by atoms with Gasteiger partial charge in [0.15, 0.2) is 0 Å². The molecule has 4 aromatic carbocycles. The summed E-state index contributed by atoms with van der Waals surface area (Å²) in [6.07, 6.45) is 0. The third-order valence-corrected chi connectivity index (χ3v) is 5.01. The lowest BCUT2D eigenvalue weighted by atomic mass is 10.0. The number of nitro groups is 1. The summed E-state index contributed by atoms with van der Waals surface area (Å²) in [5, 5.41) is 17.6. The molecule has 0 aliphatic rings. The topological polar surface area (TPSA) is 84.3 Å². The van der Waals surface area contributed by atoms with E-state index >= 15 is 0 Å². The monoisotopic (exact) mass is 423 g/mol. The van der Waals surface area contributed by atoms with Gasteiger partial charge in [-0.05, 0) is 53.1 Å². The second-order valence-electron chi connectivity index (χ2n) is 7.23. The van der Waals surface area contributed by atoms with E-state index in [4.69, 9.17) is 0 Å². The predicted molar refractivity (Wildman–Crippen MR) is 127 cm³/mol. The van der Waals surface area contributed by atoms with Crippen LogP contribution in [-0.2, 0) is 6.54 Å². The SMILES string of the molecule is O=C(Nc1ccccc1)c1cccc(-c2ccc([N+](=O)[O-])c(NCc3ccccc3)c2)c1. The molecular formula is C26H21N3O3. The highest BCUT2D eigenvalue weighted by atomic mass is 16.6. The van der Waals surface area contributed by atoms with Crippen molar-refractivity contribution in [1.29, 1.82) is 0 Å². The molecule has 0 atom stereocenters. The molecule has 0 aromatic heterocycles. The van der Waals surface area contributed by atoms with Crippen LogP contribution in [0, 0.1) is 10.1 Å². The van der Waals surface area contributed by atoms with Gasteiger partial charge in [0.2, 0.25) is 0 Å². The van der Waals surface area contributed by atoms with Crippen molar-refractivity contribution in [2.45, 2.75) is 6.54 Å². The number of hydrogen-bond donors (Lipinski definition) is 2. The average Bonchev–Trinajstić information content (AvgIpc) is 2.84. The van der Waals surface area contributed by atoms with Gasteiger partial charge in [0.25, 0.3) is 11.6 Å². The zero-order valence-electron chi connectivity index (χ0n) is 17.2. The van der Waals surface area contributed by atoms with Crippen LogP contribution in [0.3, 0.4) is 0 Å². The van der Waals surface area contributed by atoms with Crippen LogP contribution in [-0.4, -0.2) is 10.8 Å². The van der Waals surface area contributed by atoms with Gasteiger partial charge in [0.05, 0.1) is 4.92 Å². The maximum absolute atomic E-state index is 12.7. The summed E-state index contributed by atoms with van der Waals surface area (Å²) in [6.45, 7) is 0.463. The summed E-state index contributed by atoms with van der Waals surface area (Å²) in [6, 6.07) is 31.0. The first-order valence-electron chi connectivity index (χ1n) is 10.1. The first-order chi connectivity index (χ1) is 15.6. The minimum atomic E-state index is -0.402. The van der Waals surface area contributed by atoms with E-state index in [1.165, 1.54) is 6.07 Å². The molecule has 0 saturated carbocycles. The van der Waals surface area contributed by atoms with E-state index in [0.29, 0.717) is 23.5 Å². The Morgan fingerprint density at radius 3 is 2.19 bits per heavy atom. The smallest absolute Gasteiger partial charge is 0.292 e. The highest BCUT2D eigenvalue weighted by Gasteiger charge is 2.15. The summed E-state index contributed by atoms with van der Waals surface area (Å²) in [5.74, 6) is -0.220. The van der Waals surface area contributed by atoms with Crippen molar-refractivity contribution < 1.29 is 9.72 Å². The first-order valence-corrected chi connectivity index (χ1v) is 10.1. The van der Waals surface area contributed by atoms with E-state index in [1.807, 2.05) is 66.7 Å². The van der Waals surface area contributed by atoms with Gasteiger partial charge in [-0.3, -0.25) is 14.9 Å². The normalized spacial score (nSPS) is 10.4. The Bertz CT molecular complexity index is 1240. The molecule has 0 aliphatic heterocycles. The summed E-state index contributed by atoms with van der Waals surface area (Å²) < 4.78 is 0. The Morgan fingerprint density at radius 2 is 1.47 bits per heavy atom. The predicted octanol–water partition coefficient (Wildman–Crippen LogP) is 6.13. The largest absolute Gasteiger partial charge is 0.375 e. The van der Waals surface area contributed by atoms with Gasteiger partial charge in [0.1, 0.15) is 5.69 Å². The van der Waals surface area contributed by atoms with Gasteiger partial charge >= 0.3 is 0 Å². The Kier molecular flexibility index (Phi) is 6.22. The number of nitrogens with zero attached hydrogens (tertiary/aromatic N) is 1. The molecule has 6 nitrogen and oxygen atoms in total. The molecule has 0 saturated heterocycles. The van der Waals surface area contributed by atoms with Crippen LogP contribution >= 0.6 is 0 Å². The van der Waals surface area contributed by atoms with Gasteiger partial charge in [0, 0.05) is 23.9 Å². The van der Waals surface area contributed by atoms with E-state index in [2.05, 4.69) is 10.6 Å². The van der Waals surface area contributed by atoms with Crippen LogP contribution < -0.4 is 10.6 Å². The number of para-hydroxylation sites is 1. The number of nitro benzene ring substituents is 1. The highest BCUT2D eigenvalue weighted by molar-refractivity contribution is 6.05. The Hall–Kier alpha value is -4.45. The van der Waals surface area contributed by atoms with E-state index < -0.39 is 4.92 Å². The van der Waals surface area contributed by atoms with Crippen LogP contribution in [0.25, 0.3) is 11.1 Å². The molecule has 0 aliphatic carbocycles. The molecule has 4 aromatic rings. The molecule has 0 spiro atoms. The molecule has 0 heterocycles. The lowest BCUT2D eigenvalue weighted by Gasteiger charge is -2.11. The third kappa shape index (κ3) is 4.99. The van der Waals surface area contributed by atoms with Crippen molar-refractivity contribution in [3.8, 4) is 11.1 Å². The molecule has 0 bridgehead atoms. The van der Waals surface area contributed by atoms with Crippen molar-refractivity contribution in [1.82, 2.24) is 0 Å². The van der Waals surface area contributed by atoms with E-state index in [1.54, 1.807) is 30.3 Å². The Labute approximate surface area is 185 Å². The number of amides is 1.